The van der Waals surface area contributed by atoms with Gasteiger partial charge >= 0.3 is 0 Å². The fourth-order valence-corrected chi connectivity index (χ4v) is 3.55. The van der Waals surface area contributed by atoms with Crippen LogP contribution in [0.5, 0.6) is 5.75 Å². The molecule has 2 aromatic carbocycles. The van der Waals surface area contributed by atoms with Gasteiger partial charge in [-0.1, -0.05) is 34.1 Å². The first-order valence-electron chi connectivity index (χ1n) is 8.70. The molecule has 0 aliphatic carbocycles. The Morgan fingerprint density at radius 3 is 2.73 bits per heavy atom. The van der Waals surface area contributed by atoms with E-state index in [2.05, 4.69) is 32.2 Å². The van der Waals surface area contributed by atoms with Crippen molar-refractivity contribution in [2.75, 3.05) is 25.6 Å². The van der Waals surface area contributed by atoms with Crippen molar-refractivity contribution in [2.45, 2.75) is 25.5 Å². The number of thiocarbonyl (C=S) groups is 1. The molecule has 0 amide bonds. The van der Waals surface area contributed by atoms with Crippen LogP contribution < -0.4 is 10.1 Å². The Kier molecular flexibility index (Phi) is 6.88. The van der Waals surface area contributed by atoms with Crippen molar-refractivity contribution in [1.29, 1.82) is 0 Å². The summed E-state index contributed by atoms with van der Waals surface area (Å²) >= 11 is 9.17. The molecule has 1 atom stereocenters. The number of para-hydroxylation sites is 1. The third-order valence-corrected chi connectivity index (χ3v) is 5.27. The molecular formula is C20H23BrN2O2S. The van der Waals surface area contributed by atoms with Gasteiger partial charge in [-0.15, -0.1) is 0 Å². The number of nitrogens with one attached hydrogen (secondary N) is 1. The number of nitrogens with zero attached hydrogens (tertiary/aromatic N) is 1. The minimum Gasteiger partial charge on any atom is -0.496 e. The molecule has 1 saturated heterocycles. The topological polar surface area (TPSA) is 33.7 Å². The molecule has 2 aromatic rings. The average molecular weight is 435 g/mol. The highest BCUT2D eigenvalue weighted by molar-refractivity contribution is 9.10. The molecule has 0 radical (unpaired) electrons. The van der Waals surface area contributed by atoms with Crippen LogP contribution in [0.4, 0.5) is 5.69 Å². The van der Waals surface area contributed by atoms with E-state index >= 15 is 0 Å². The molecule has 26 heavy (non-hydrogen) atoms. The lowest BCUT2D eigenvalue weighted by atomic mass is 10.1. The summed E-state index contributed by atoms with van der Waals surface area (Å²) in [5.41, 5.74) is 2.07. The van der Waals surface area contributed by atoms with Gasteiger partial charge < -0.3 is 19.7 Å². The zero-order valence-corrected chi connectivity index (χ0v) is 17.2. The molecule has 1 N–H and O–H groups in total. The van der Waals surface area contributed by atoms with E-state index in [1.165, 1.54) is 0 Å². The summed E-state index contributed by atoms with van der Waals surface area (Å²) in [5, 5.41) is 4.03. The van der Waals surface area contributed by atoms with Crippen LogP contribution in [-0.2, 0) is 11.3 Å². The third kappa shape index (κ3) is 5.19. The van der Waals surface area contributed by atoms with Crippen molar-refractivity contribution in [3.63, 3.8) is 0 Å². The van der Waals surface area contributed by atoms with E-state index in [1.54, 1.807) is 7.11 Å². The molecule has 4 nitrogen and oxygen atoms in total. The van der Waals surface area contributed by atoms with Crippen LogP contribution in [0.3, 0.4) is 0 Å². The number of hydrogen-bond donors (Lipinski definition) is 1. The standard InChI is InChI=1S/C20H23BrN2O2S/c1-24-19-7-3-2-5-15(19)13-23(14-18-6-4-12-25-18)20(26)22-17-10-8-16(21)9-11-17/h2-3,5,7-11,18H,4,6,12-14H2,1H3,(H,22,26). The van der Waals surface area contributed by atoms with E-state index in [1.807, 2.05) is 42.5 Å². The Hall–Kier alpha value is -1.63. The molecule has 0 aromatic heterocycles. The molecule has 3 rings (SSSR count). The first-order chi connectivity index (χ1) is 12.7. The summed E-state index contributed by atoms with van der Waals surface area (Å²) in [7, 11) is 1.70. The summed E-state index contributed by atoms with van der Waals surface area (Å²) in [6, 6.07) is 16.0. The van der Waals surface area contributed by atoms with Crippen molar-refractivity contribution < 1.29 is 9.47 Å². The highest BCUT2D eigenvalue weighted by Crippen LogP contribution is 2.22. The van der Waals surface area contributed by atoms with E-state index < -0.39 is 0 Å². The Balaban J connectivity index is 1.75. The van der Waals surface area contributed by atoms with Crippen molar-refractivity contribution in [2.24, 2.45) is 0 Å². The van der Waals surface area contributed by atoms with Crippen LogP contribution in [0.15, 0.2) is 53.0 Å². The molecular weight excluding hydrogens is 412 g/mol. The van der Waals surface area contributed by atoms with E-state index in [4.69, 9.17) is 21.7 Å². The first kappa shape index (κ1) is 19.1. The van der Waals surface area contributed by atoms with Gasteiger partial charge in [-0.3, -0.25) is 0 Å². The van der Waals surface area contributed by atoms with Gasteiger partial charge in [-0.25, -0.2) is 0 Å². The molecule has 138 valence electrons. The minimum atomic E-state index is 0.217. The van der Waals surface area contributed by atoms with Gasteiger partial charge in [0.2, 0.25) is 0 Å². The maximum Gasteiger partial charge on any atom is 0.173 e. The second kappa shape index (κ2) is 9.35. The normalized spacial score (nSPS) is 16.3. The number of rotatable bonds is 6. The van der Waals surface area contributed by atoms with Crippen LogP contribution in [-0.4, -0.2) is 36.4 Å². The fraction of sp³-hybridized carbons (Fsp3) is 0.350. The van der Waals surface area contributed by atoms with E-state index in [0.717, 1.165) is 47.5 Å². The summed E-state index contributed by atoms with van der Waals surface area (Å²) in [5.74, 6) is 0.872. The molecule has 0 saturated carbocycles. The van der Waals surface area contributed by atoms with Crippen LogP contribution in [0.2, 0.25) is 0 Å². The minimum absolute atomic E-state index is 0.217. The summed E-state index contributed by atoms with van der Waals surface area (Å²) in [4.78, 5) is 2.16. The van der Waals surface area contributed by atoms with Crippen LogP contribution >= 0.6 is 28.1 Å². The summed E-state index contributed by atoms with van der Waals surface area (Å²) in [6.07, 6.45) is 2.40. The lowest BCUT2D eigenvalue weighted by Gasteiger charge is -2.29. The van der Waals surface area contributed by atoms with Crippen molar-refractivity contribution >= 4 is 38.9 Å². The van der Waals surface area contributed by atoms with Gasteiger partial charge in [0.05, 0.1) is 13.2 Å². The van der Waals surface area contributed by atoms with Gasteiger partial charge in [0.15, 0.2) is 5.11 Å². The van der Waals surface area contributed by atoms with Gasteiger partial charge in [0.25, 0.3) is 0 Å². The Morgan fingerprint density at radius 2 is 2.04 bits per heavy atom. The quantitative estimate of drug-likeness (QED) is 0.657. The van der Waals surface area contributed by atoms with Gasteiger partial charge in [0, 0.05) is 35.4 Å². The molecule has 1 unspecified atom stereocenters. The van der Waals surface area contributed by atoms with Crippen molar-refractivity contribution in [3.8, 4) is 5.75 Å². The Labute approximate surface area is 168 Å². The molecule has 0 bridgehead atoms. The zero-order chi connectivity index (χ0) is 18.4. The monoisotopic (exact) mass is 434 g/mol. The molecule has 1 heterocycles. The molecule has 1 aliphatic heterocycles. The number of hydrogen-bond acceptors (Lipinski definition) is 3. The third-order valence-electron chi connectivity index (χ3n) is 4.38. The summed E-state index contributed by atoms with van der Waals surface area (Å²) in [6.45, 7) is 2.27. The zero-order valence-electron chi connectivity index (χ0n) is 14.8. The number of ether oxygens (including phenoxy) is 2. The Bertz CT molecular complexity index is 733. The van der Waals surface area contributed by atoms with Crippen LogP contribution in [0, 0.1) is 0 Å². The SMILES string of the molecule is COc1ccccc1CN(CC1CCCO1)C(=S)Nc1ccc(Br)cc1. The summed E-state index contributed by atoms with van der Waals surface area (Å²) < 4.78 is 12.4. The van der Waals surface area contributed by atoms with E-state index in [9.17, 15) is 0 Å². The van der Waals surface area contributed by atoms with Crippen LogP contribution in [0.25, 0.3) is 0 Å². The number of halogens is 1. The second-order valence-corrected chi connectivity index (χ2v) is 7.57. The predicted octanol–water partition coefficient (Wildman–Crippen LogP) is 4.84. The molecule has 1 fully saturated rings. The number of benzene rings is 2. The van der Waals surface area contributed by atoms with Gasteiger partial charge in [0.1, 0.15) is 5.75 Å². The van der Waals surface area contributed by atoms with Crippen molar-refractivity contribution in [3.05, 3.63) is 58.6 Å². The van der Waals surface area contributed by atoms with E-state index in [-0.39, 0.29) is 6.10 Å². The number of methoxy groups -OCH3 is 1. The second-order valence-electron chi connectivity index (χ2n) is 6.26. The van der Waals surface area contributed by atoms with Crippen LogP contribution in [0.1, 0.15) is 18.4 Å². The van der Waals surface area contributed by atoms with Gasteiger partial charge in [-0.2, -0.15) is 0 Å². The fourth-order valence-electron chi connectivity index (χ4n) is 3.03. The Morgan fingerprint density at radius 1 is 1.27 bits per heavy atom. The molecule has 6 heteroatoms. The number of anilines is 1. The average Bonchev–Trinajstić information content (AvgIpc) is 3.16. The molecule has 0 spiro atoms. The maximum absolute atomic E-state index is 5.83. The first-order valence-corrected chi connectivity index (χ1v) is 9.91. The molecule has 1 aliphatic rings. The van der Waals surface area contributed by atoms with Crippen molar-refractivity contribution in [1.82, 2.24) is 4.90 Å². The highest BCUT2D eigenvalue weighted by Gasteiger charge is 2.22. The lowest BCUT2D eigenvalue weighted by molar-refractivity contribution is 0.0903. The smallest absolute Gasteiger partial charge is 0.173 e. The largest absolute Gasteiger partial charge is 0.496 e. The highest BCUT2D eigenvalue weighted by atomic mass is 79.9. The van der Waals surface area contributed by atoms with Gasteiger partial charge in [-0.05, 0) is 55.4 Å². The maximum atomic E-state index is 5.83. The lowest BCUT2D eigenvalue weighted by Crippen LogP contribution is -2.39. The van der Waals surface area contributed by atoms with E-state index in [0.29, 0.717) is 11.7 Å². The predicted molar refractivity (Wildman–Crippen MR) is 113 cm³/mol.